The second kappa shape index (κ2) is 10.9. The number of aromatic nitrogens is 1. The van der Waals surface area contributed by atoms with E-state index in [1.807, 2.05) is 48.5 Å². The number of nitrogens with zero attached hydrogens (tertiary/aromatic N) is 2. The first-order valence-corrected chi connectivity index (χ1v) is 9.99. The van der Waals surface area contributed by atoms with Crippen molar-refractivity contribution in [2.45, 2.75) is 13.0 Å². The minimum Gasteiger partial charge on any atom is -0.490 e. The molecule has 1 aromatic carbocycles. The minimum atomic E-state index is 0.431. The number of aliphatic imine (C=N–C) groups is 1. The molecule has 2 heterocycles. The number of hydrogen-bond donors (Lipinski definition) is 2. The first-order valence-electron chi connectivity index (χ1n) is 9.11. The highest BCUT2D eigenvalue weighted by Gasteiger charge is 1.99. The van der Waals surface area contributed by atoms with Crippen LogP contribution in [0.25, 0.3) is 0 Å². The van der Waals surface area contributed by atoms with Crippen molar-refractivity contribution in [3.8, 4) is 11.6 Å². The number of ether oxygens (including phenoxy) is 2. The zero-order chi connectivity index (χ0) is 19.4. The molecule has 0 amide bonds. The largest absolute Gasteiger partial charge is 0.490 e. The average Bonchev–Trinajstić information content (AvgIpc) is 3.25. The van der Waals surface area contributed by atoms with Gasteiger partial charge in [-0.05, 0) is 35.6 Å². The zero-order valence-corrected chi connectivity index (χ0v) is 16.4. The molecule has 0 aliphatic carbocycles. The Kier molecular flexibility index (Phi) is 7.69. The number of nitrogens with one attached hydrogen (secondary N) is 1. The number of guanidine groups is 1. The second-order valence-corrected chi connectivity index (χ2v) is 7.00. The van der Waals surface area contributed by atoms with Gasteiger partial charge in [-0.2, -0.15) is 0 Å². The molecule has 0 unspecified atom stereocenters. The van der Waals surface area contributed by atoms with E-state index in [0.717, 1.165) is 24.3 Å². The van der Waals surface area contributed by atoms with E-state index in [1.165, 1.54) is 4.88 Å². The molecule has 0 saturated heterocycles. The summed E-state index contributed by atoms with van der Waals surface area (Å²) in [6.07, 6.45) is 2.69. The summed E-state index contributed by atoms with van der Waals surface area (Å²) in [4.78, 5) is 9.96. The fraction of sp³-hybridized carbons (Fsp3) is 0.238. The van der Waals surface area contributed by atoms with E-state index >= 15 is 0 Å². The van der Waals surface area contributed by atoms with Crippen molar-refractivity contribution in [2.75, 3.05) is 19.8 Å². The van der Waals surface area contributed by atoms with Crippen molar-refractivity contribution in [2.24, 2.45) is 10.7 Å². The number of pyridine rings is 1. The van der Waals surface area contributed by atoms with Crippen LogP contribution in [0.4, 0.5) is 0 Å². The summed E-state index contributed by atoms with van der Waals surface area (Å²) in [5.41, 5.74) is 6.87. The minimum absolute atomic E-state index is 0.431. The standard InChI is InChI=1S/C21H24N4O2S/c22-21(23-11-10-19-7-4-14-28-19)25-16-17-8-9-20(24-15-17)27-13-12-26-18-5-2-1-3-6-18/h1-9,14-15H,10-13,16H2,(H3,22,23,25). The van der Waals surface area contributed by atoms with Crippen LogP contribution in [0.2, 0.25) is 0 Å². The molecule has 0 aliphatic heterocycles. The highest BCUT2D eigenvalue weighted by atomic mass is 32.1. The number of nitrogens with two attached hydrogens (primary N) is 1. The summed E-state index contributed by atoms with van der Waals surface area (Å²) < 4.78 is 11.2. The normalized spacial score (nSPS) is 11.2. The molecule has 0 fully saturated rings. The lowest BCUT2D eigenvalue weighted by Gasteiger charge is -2.08. The highest BCUT2D eigenvalue weighted by molar-refractivity contribution is 7.09. The van der Waals surface area contributed by atoms with Gasteiger partial charge >= 0.3 is 0 Å². The van der Waals surface area contributed by atoms with Crippen LogP contribution < -0.4 is 20.5 Å². The molecule has 3 aromatic rings. The van der Waals surface area contributed by atoms with Crippen LogP contribution in [-0.2, 0) is 13.0 Å². The fourth-order valence-corrected chi connectivity index (χ4v) is 3.12. The van der Waals surface area contributed by atoms with E-state index < -0.39 is 0 Å². The first-order chi connectivity index (χ1) is 13.8. The number of benzene rings is 1. The SMILES string of the molecule is NC(=NCc1ccc(OCCOc2ccccc2)nc1)NCCc1cccs1. The molecule has 0 atom stereocenters. The third kappa shape index (κ3) is 6.92. The molecule has 3 rings (SSSR count). The Hall–Kier alpha value is -3.06. The Labute approximate surface area is 169 Å². The summed E-state index contributed by atoms with van der Waals surface area (Å²) in [6, 6.07) is 17.6. The van der Waals surface area contributed by atoms with Gasteiger partial charge in [0, 0.05) is 23.7 Å². The Morgan fingerprint density at radius 2 is 1.89 bits per heavy atom. The van der Waals surface area contributed by atoms with E-state index in [9.17, 15) is 0 Å². The summed E-state index contributed by atoms with van der Waals surface area (Å²) in [6.45, 7) is 2.14. The third-order valence-electron chi connectivity index (χ3n) is 3.83. The van der Waals surface area contributed by atoms with Crippen molar-refractivity contribution < 1.29 is 9.47 Å². The number of rotatable bonds is 10. The lowest BCUT2D eigenvalue weighted by Crippen LogP contribution is -2.33. The summed E-state index contributed by atoms with van der Waals surface area (Å²) >= 11 is 1.74. The summed E-state index contributed by atoms with van der Waals surface area (Å²) in [7, 11) is 0. The van der Waals surface area contributed by atoms with Gasteiger partial charge in [0.15, 0.2) is 5.96 Å². The maximum absolute atomic E-state index is 5.90. The van der Waals surface area contributed by atoms with Crippen molar-refractivity contribution in [3.63, 3.8) is 0 Å². The molecule has 146 valence electrons. The maximum Gasteiger partial charge on any atom is 0.213 e. The summed E-state index contributed by atoms with van der Waals surface area (Å²) in [5.74, 6) is 1.83. The molecule has 0 radical (unpaired) electrons. The van der Waals surface area contributed by atoms with Crippen LogP contribution >= 0.6 is 11.3 Å². The van der Waals surface area contributed by atoms with Gasteiger partial charge in [0.25, 0.3) is 0 Å². The lowest BCUT2D eigenvalue weighted by molar-refractivity contribution is 0.212. The smallest absolute Gasteiger partial charge is 0.213 e. The van der Waals surface area contributed by atoms with Gasteiger partial charge in [-0.3, -0.25) is 0 Å². The van der Waals surface area contributed by atoms with Crippen molar-refractivity contribution in [1.82, 2.24) is 10.3 Å². The molecule has 0 saturated carbocycles. The third-order valence-corrected chi connectivity index (χ3v) is 4.77. The van der Waals surface area contributed by atoms with Crippen LogP contribution in [-0.4, -0.2) is 30.7 Å². The van der Waals surface area contributed by atoms with Crippen LogP contribution in [0.1, 0.15) is 10.4 Å². The van der Waals surface area contributed by atoms with Crippen LogP contribution in [0.3, 0.4) is 0 Å². The van der Waals surface area contributed by atoms with Gasteiger partial charge in [-0.1, -0.05) is 30.3 Å². The fourth-order valence-electron chi connectivity index (χ4n) is 2.41. The van der Waals surface area contributed by atoms with Gasteiger partial charge in [0.2, 0.25) is 5.88 Å². The van der Waals surface area contributed by atoms with E-state index in [-0.39, 0.29) is 0 Å². The molecule has 0 bridgehead atoms. The molecule has 0 aliphatic rings. The molecular formula is C21H24N4O2S. The Balaban J connectivity index is 1.34. The highest BCUT2D eigenvalue weighted by Crippen LogP contribution is 2.10. The van der Waals surface area contributed by atoms with Gasteiger partial charge in [-0.25, -0.2) is 9.98 Å². The molecule has 7 heteroatoms. The average molecular weight is 397 g/mol. The van der Waals surface area contributed by atoms with Gasteiger partial charge < -0.3 is 20.5 Å². The molecule has 0 spiro atoms. The predicted molar refractivity (Wildman–Crippen MR) is 113 cm³/mol. The molecule has 2 aromatic heterocycles. The Bertz CT molecular complexity index is 837. The van der Waals surface area contributed by atoms with Crippen molar-refractivity contribution in [3.05, 3.63) is 76.6 Å². The zero-order valence-electron chi connectivity index (χ0n) is 15.6. The van der Waals surface area contributed by atoms with Gasteiger partial charge in [0.05, 0.1) is 6.54 Å². The summed E-state index contributed by atoms with van der Waals surface area (Å²) in [5, 5.41) is 5.20. The van der Waals surface area contributed by atoms with Gasteiger partial charge in [-0.15, -0.1) is 11.3 Å². The van der Waals surface area contributed by atoms with Crippen molar-refractivity contribution >= 4 is 17.3 Å². The van der Waals surface area contributed by atoms with E-state index in [0.29, 0.717) is 31.6 Å². The Morgan fingerprint density at radius 3 is 2.64 bits per heavy atom. The first kappa shape index (κ1) is 19.7. The monoisotopic (exact) mass is 396 g/mol. The van der Waals surface area contributed by atoms with Crippen LogP contribution in [0, 0.1) is 0 Å². The van der Waals surface area contributed by atoms with E-state index in [2.05, 4.69) is 26.7 Å². The number of para-hydroxylation sites is 1. The maximum atomic E-state index is 5.90. The second-order valence-electron chi connectivity index (χ2n) is 5.97. The van der Waals surface area contributed by atoms with Crippen molar-refractivity contribution in [1.29, 1.82) is 0 Å². The molecular weight excluding hydrogens is 372 g/mol. The van der Waals surface area contributed by atoms with E-state index in [4.69, 9.17) is 15.2 Å². The van der Waals surface area contributed by atoms with Crippen LogP contribution in [0.5, 0.6) is 11.6 Å². The Morgan fingerprint density at radius 1 is 1.04 bits per heavy atom. The van der Waals surface area contributed by atoms with E-state index in [1.54, 1.807) is 17.5 Å². The number of hydrogen-bond acceptors (Lipinski definition) is 5. The molecule has 6 nitrogen and oxygen atoms in total. The van der Waals surface area contributed by atoms with Gasteiger partial charge in [0.1, 0.15) is 19.0 Å². The van der Waals surface area contributed by atoms with Crippen LogP contribution in [0.15, 0.2) is 71.2 Å². The topological polar surface area (TPSA) is 81.8 Å². The quantitative estimate of drug-likeness (QED) is 0.312. The lowest BCUT2D eigenvalue weighted by atomic mass is 10.3. The number of thiophene rings is 1. The molecule has 3 N–H and O–H groups in total. The molecule has 28 heavy (non-hydrogen) atoms. The predicted octanol–water partition coefficient (Wildman–Crippen LogP) is 3.25.